The number of nitrogens with zero attached hydrogens (tertiary/aromatic N) is 4. The number of anilines is 1. The Balaban J connectivity index is 1.40. The highest BCUT2D eigenvalue weighted by atomic mass is 32.2. The molecule has 37 heavy (non-hydrogen) atoms. The first-order valence-electron chi connectivity index (χ1n) is 12.7. The van der Waals surface area contributed by atoms with E-state index in [0.717, 1.165) is 5.69 Å². The molecule has 202 valence electrons. The second-order valence-corrected chi connectivity index (χ2v) is 11.5. The van der Waals surface area contributed by atoms with Gasteiger partial charge in [-0.3, -0.25) is 4.79 Å². The molecule has 2 aromatic rings. The van der Waals surface area contributed by atoms with Crippen LogP contribution in [0, 0.1) is 25.6 Å². The van der Waals surface area contributed by atoms with Gasteiger partial charge in [0.15, 0.2) is 0 Å². The van der Waals surface area contributed by atoms with Crippen molar-refractivity contribution in [2.75, 3.05) is 50.8 Å². The lowest BCUT2D eigenvalue weighted by molar-refractivity contribution is -0.137. The number of piperazine rings is 1. The Bertz CT molecular complexity index is 1260. The summed E-state index contributed by atoms with van der Waals surface area (Å²) >= 11 is 0. The van der Waals surface area contributed by atoms with E-state index in [0.29, 0.717) is 50.4 Å². The Kier molecular flexibility index (Phi) is 7.94. The minimum absolute atomic E-state index is 0.00681. The summed E-state index contributed by atoms with van der Waals surface area (Å²) in [5.74, 6) is -1.12. The number of piperidine rings is 1. The van der Waals surface area contributed by atoms with Crippen LogP contribution in [0.5, 0.6) is 0 Å². The Morgan fingerprint density at radius 1 is 0.973 bits per heavy atom. The van der Waals surface area contributed by atoms with Gasteiger partial charge in [-0.1, -0.05) is 0 Å². The summed E-state index contributed by atoms with van der Waals surface area (Å²) < 4.78 is 48.8. The van der Waals surface area contributed by atoms with E-state index in [9.17, 15) is 22.4 Å². The number of hydrogen-bond donors (Lipinski definition) is 0. The van der Waals surface area contributed by atoms with Crippen LogP contribution in [0.1, 0.15) is 41.5 Å². The highest BCUT2D eigenvalue weighted by molar-refractivity contribution is 7.89. The number of hydrogen-bond acceptors (Lipinski definition) is 6. The van der Waals surface area contributed by atoms with Gasteiger partial charge in [-0.15, -0.1) is 0 Å². The molecule has 2 fully saturated rings. The van der Waals surface area contributed by atoms with Crippen molar-refractivity contribution in [3.05, 3.63) is 47.0 Å². The largest absolute Gasteiger partial charge is 0.462 e. The van der Waals surface area contributed by atoms with Crippen LogP contribution < -0.4 is 4.90 Å². The van der Waals surface area contributed by atoms with Crippen molar-refractivity contribution in [1.82, 2.24) is 13.8 Å². The first-order valence-corrected chi connectivity index (χ1v) is 14.1. The summed E-state index contributed by atoms with van der Waals surface area (Å²) in [5.41, 5.74) is 2.04. The van der Waals surface area contributed by atoms with E-state index in [1.165, 1.54) is 16.4 Å². The van der Waals surface area contributed by atoms with Crippen LogP contribution in [0.2, 0.25) is 0 Å². The molecule has 1 aromatic carbocycles. The number of benzene rings is 1. The summed E-state index contributed by atoms with van der Waals surface area (Å²) in [5, 5.41) is 0. The molecule has 0 bridgehead atoms. The molecule has 1 aromatic heterocycles. The van der Waals surface area contributed by atoms with Crippen molar-refractivity contribution >= 4 is 27.6 Å². The predicted molar refractivity (Wildman–Crippen MR) is 138 cm³/mol. The van der Waals surface area contributed by atoms with Crippen molar-refractivity contribution in [3.63, 3.8) is 0 Å². The molecule has 0 spiro atoms. The van der Waals surface area contributed by atoms with E-state index >= 15 is 0 Å². The van der Waals surface area contributed by atoms with Crippen molar-refractivity contribution in [3.8, 4) is 0 Å². The van der Waals surface area contributed by atoms with Crippen molar-refractivity contribution in [2.24, 2.45) is 13.0 Å². The number of rotatable bonds is 6. The lowest BCUT2D eigenvalue weighted by atomic mass is 9.96. The minimum Gasteiger partial charge on any atom is -0.462 e. The Morgan fingerprint density at radius 3 is 2.14 bits per heavy atom. The third kappa shape index (κ3) is 5.24. The predicted octanol–water partition coefficient (Wildman–Crippen LogP) is 2.71. The molecule has 0 atom stereocenters. The van der Waals surface area contributed by atoms with Gasteiger partial charge < -0.3 is 19.1 Å². The molecule has 4 rings (SSSR count). The number of aromatic nitrogens is 1. The summed E-state index contributed by atoms with van der Waals surface area (Å²) in [7, 11) is -2.22. The number of carbonyl (C=O) groups excluding carboxylic acids is 2. The normalized spacial score (nSPS) is 17.8. The molecule has 2 saturated heterocycles. The molecule has 3 heterocycles. The summed E-state index contributed by atoms with van der Waals surface area (Å²) in [4.78, 5) is 29.8. The van der Waals surface area contributed by atoms with Crippen molar-refractivity contribution in [2.45, 2.75) is 38.5 Å². The summed E-state index contributed by atoms with van der Waals surface area (Å²) in [6.45, 7) is 8.11. The lowest BCUT2D eigenvalue weighted by Gasteiger charge is -2.39. The third-order valence-electron chi connectivity index (χ3n) is 7.59. The van der Waals surface area contributed by atoms with E-state index in [4.69, 9.17) is 4.74 Å². The van der Waals surface area contributed by atoms with Gasteiger partial charge in [-0.25, -0.2) is 17.6 Å². The molecule has 0 unspecified atom stereocenters. The zero-order chi connectivity index (χ0) is 26.9. The quantitative estimate of drug-likeness (QED) is 0.530. The summed E-state index contributed by atoms with van der Waals surface area (Å²) in [6.07, 6.45) is 0.853. The SMILES string of the molecule is CCOC(=O)c1c(S(=O)(=O)N2CCC(C(=O)N3CCN(c4ccc(F)cc4)CC3)CC2)c(C)n(C)c1C. The first kappa shape index (κ1) is 27.1. The Hall–Kier alpha value is -2.92. The molecular formula is C26H35FN4O5S. The van der Waals surface area contributed by atoms with E-state index in [-0.39, 0.29) is 47.8 Å². The maximum absolute atomic E-state index is 13.7. The van der Waals surface area contributed by atoms with Crippen LogP contribution in [0.25, 0.3) is 0 Å². The number of sulfonamides is 1. The molecule has 0 aliphatic carbocycles. The van der Waals surface area contributed by atoms with Gasteiger partial charge in [-0.2, -0.15) is 4.31 Å². The smallest absolute Gasteiger partial charge is 0.341 e. The van der Waals surface area contributed by atoms with E-state index in [1.807, 2.05) is 4.90 Å². The van der Waals surface area contributed by atoms with Gasteiger partial charge in [0.2, 0.25) is 15.9 Å². The van der Waals surface area contributed by atoms with E-state index in [2.05, 4.69) is 4.90 Å². The van der Waals surface area contributed by atoms with Crippen LogP contribution in [-0.2, 0) is 26.6 Å². The van der Waals surface area contributed by atoms with Gasteiger partial charge >= 0.3 is 5.97 Å². The first-order chi connectivity index (χ1) is 17.6. The highest BCUT2D eigenvalue weighted by Crippen LogP contribution is 2.32. The molecule has 2 aliphatic rings. The monoisotopic (exact) mass is 534 g/mol. The third-order valence-corrected chi connectivity index (χ3v) is 9.65. The Morgan fingerprint density at radius 2 is 1.57 bits per heavy atom. The van der Waals surface area contributed by atoms with E-state index < -0.39 is 16.0 Å². The maximum Gasteiger partial charge on any atom is 0.341 e. The fraction of sp³-hybridized carbons (Fsp3) is 0.538. The average Bonchev–Trinajstić information content (AvgIpc) is 3.13. The average molecular weight is 535 g/mol. The van der Waals surface area contributed by atoms with E-state index in [1.54, 1.807) is 44.5 Å². The van der Waals surface area contributed by atoms with Gasteiger partial charge in [0.1, 0.15) is 16.3 Å². The molecule has 1 amide bonds. The Labute approximate surface area is 217 Å². The second-order valence-electron chi connectivity index (χ2n) is 9.62. The molecule has 11 heteroatoms. The minimum atomic E-state index is -3.95. The van der Waals surface area contributed by atoms with Crippen LogP contribution >= 0.6 is 0 Å². The topological polar surface area (TPSA) is 92.2 Å². The standard InChI is InChI=1S/C26H35FN4O5S/c1-5-36-26(33)23-18(2)28(4)19(3)24(23)37(34,35)31-12-10-20(11-13-31)25(32)30-16-14-29(15-17-30)22-8-6-21(27)7-9-22/h6-9,20H,5,10-17H2,1-4H3. The zero-order valence-electron chi connectivity index (χ0n) is 21.9. The van der Waals surface area contributed by atoms with Gasteiger partial charge in [0.05, 0.1) is 6.61 Å². The fourth-order valence-corrected chi connectivity index (χ4v) is 7.19. The van der Waals surface area contributed by atoms with Crippen LogP contribution in [0.3, 0.4) is 0 Å². The van der Waals surface area contributed by atoms with Gasteiger partial charge in [-0.05, 0) is 57.9 Å². The number of amides is 1. The lowest BCUT2D eigenvalue weighted by Crippen LogP contribution is -2.52. The van der Waals surface area contributed by atoms with Crippen molar-refractivity contribution in [1.29, 1.82) is 0 Å². The number of carbonyl (C=O) groups is 2. The van der Waals surface area contributed by atoms with Crippen molar-refractivity contribution < 1.29 is 27.1 Å². The molecular weight excluding hydrogens is 499 g/mol. The molecule has 0 N–H and O–H groups in total. The van der Waals surface area contributed by atoms with Crippen LogP contribution in [0.4, 0.5) is 10.1 Å². The number of esters is 1. The summed E-state index contributed by atoms with van der Waals surface area (Å²) in [6, 6.07) is 6.35. The number of ether oxygens (including phenoxy) is 1. The number of halogens is 1. The van der Waals surface area contributed by atoms with Gasteiger partial charge in [0, 0.05) is 69.3 Å². The van der Waals surface area contributed by atoms with Crippen LogP contribution in [-0.4, -0.2) is 79.9 Å². The maximum atomic E-state index is 13.7. The highest BCUT2D eigenvalue weighted by Gasteiger charge is 2.39. The molecule has 0 saturated carbocycles. The second kappa shape index (κ2) is 10.8. The molecule has 0 radical (unpaired) electrons. The molecule has 2 aliphatic heterocycles. The van der Waals surface area contributed by atoms with Gasteiger partial charge in [0.25, 0.3) is 0 Å². The fourth-order valence-electron chi connectivity index (χ4n) is 5.24. The zero-order valence-corrected chi connectivity index (χ0v) is 22.7. The van der Waals surface area contributed by atoms with Crippen LogP contribution in [0.15, 0.2) is 29.2 Å². The molecule has 9 nitrogen and oxygen atoms in total.